The Morgan fingerprint density at radius 3 is 2.52 bits per heavy atom. The van der Waals surface area contributed by atoms with E-state index in [1.54, 1.807) is 0 Å². The highest BCUT2D eigenvalue weighted by Gasteiger charge is 2.15. The van der Waals surface area contributed by atoms with Crippen LogP contribution in [0.4, 0.5) is 0 Å². The summed E-state index contributed by atoms with van der Waals surface area (Å²) in [5.74, 6) is 0.307. The first-order valence-electron chi connectivity index (χ1n) is 8.20. The molecule has 3 nitrogen and oxygen atoms in total. The minimum atomic E-state index is -0.157. The molecule has 0 heterocycles. The molecule has 0 atom stereocenters. The monoisotopic (exact) mass is 306 g/mol. The molecular formula is C20H22N2O. The summed E-state index contributed by atoms with van der Waals surface area (Å²) in [6.07, 6.45) is 3.07. The van der Waals surface area contributed by atoms with Gasteiger partial charge < -0.3 is 0 Å². The standard InChI is InChI=1S/C20H22N2O/c1-14(2)15-10-12-17(13-11-15)20(23)22-21-19-9-5-7-16-6-3-4-8-18(16)19/h3-4,6,8,10-14H,5,7,9H2,1-2H3,(H,22,23). The van der Waals surface area contributed by atoms with Gasteiger partial charge in [-0.2, -0.15) is 5.10 Å². The van der Waals surface area contributed by atoms with E-state index in [1.807, 2.05) is 30.3 Å². The van der Waals surface area contributed by atoms with Crippen molar-refractivity contribution in [2.24, 2.45) is 5.10 Å². The SMILES string of the molecule is CC(C)c1ccc(C(=O)NN=C2CCCc3ccccc32)cc1. The molecule has 1 amide bonds. The summed E-state index contributed by atoms with van der Waals surface area (Å²) in [6.45, 7) is 4.28. The molecule has 0 aliphatic heterocycles. The average Bonchev–Trinajstić information content (AvgIpc) is 2.59. The zero-order chi connectivity index (χ0) is 16.2. The van der Waals surface area contributed by atoms with Crippen LogP contribution in [-0.4, -0.2) is 11.6 Å². The summed E-state index contributed by atoms with van der Waals surface area (Å²) < 4.78 is 0. The van der Waals surface area contributed by atoms with Gasteiger partial charge in [-0.15, -0.1) is 0 Å². The fraction of sp³-hybridized carbons (Fsp3) is 0.300. The molecule has 23 heavy (non-hydrogen) atoms. The van der Waals surface area contributed by atoms with Crippen LogP contribution in [-0.2, 0) is 6.42 Å². The zero-order valence-electron chi connectivity index (χ0n) is 13.7. The summed E-state index contributed by atoms with van der Waals surface area (Å²) in [5.41, 5.74) is 8.03. The lowest BCUT2D eigenvalue weighted by Gasteiger charge is -2.17. The molecule has 2 aromatic rings. The van der Waals surface area contributed by atoms with Crippen molar-refractivity contribution in [2.75, 3.05) is 0 Å². The number of hydrogen-bond acceptors (Lipinski definition) is 2. The fourth-order valence-electron chi connectivity index (χ4n) is 2.92. The van der Waals surface area contributed by atoms with E-state index in [-0.39, 0.29) is 5.91 Å². The highest BCUT2D eigenvalue weighted by Crippen LogP contribution is 2.21. The van der Waals surface area contributed by atoms with Gasteiger partial charge in [-0.3, -0.25) is 4.79 Å². The smallest absolute Gasteiger partial charge is 0.267 e. The normalized spacial score (nSPS) is 15.5. The molecule has 0 spiro atoms. The van der Waals surface area contributed by atoms with E-state index in [0.29, 0.717) is 11.5 Å². The first-order valence-corrected chi connectivity index (χ1v) is 8.20. The van der Waals surface area contributed by atoms with E-state index in [4.69, 9.17) is 0 Å². The summed E-state index contributed by atoms with van der Waals surface area (Å²) in [7, 11) is 0. The maximum absolute atomic E-state index is 12.3. The van der Waals surface area contributed by atoms with Gasteiger partial charge in [0.1, 0.15) is 0 Å². The van der Waals surface area contributed by atoms with Crippen LogP contribution in [0.1, 0.15) is 59.7 Å². The minimum absolute atomic E-state index is 0.157. The van der Waals surface area contributed by atoms with Gasteiger partial charge in [-0.25, -0.2) is 5.43 Å². The zero-order valence-corrected chi connectivity index (χ0v) is 13.7. The molecule has 2 aromatic carbocycles. The predicted molar refractivity (Wildman–Crippen MR) is 93.9 cm³/mol. The van der Waals surface area contributed by atoms with Crippen LogP contribution in [0.15, 0.2) is 53.6 Å². The van der Waals surface area contributed by atoms with Crippen molar-refractivity contribution in [2.45, 2.75) is 39.0 Å². The Kier molecular flexibility index (Phi) is 4.56. The van der Waals surface area contributed by atoms with Crippen LogP contribution >= 0.6 is 0 Å². The molecule has 3 rings (SSSR count). The molecule has 1 aliphatic rings. The number of nitrogens with one attached hydrogen (secondary N) is 1. The number of aryl methyl sites for hydroxylation is 1. The molecule has 0 fully saturated rings. The van der Waals surface area contributed by atoms with Crippen molar-refractivity contribution >= 4 is 11.6 Å². The van der Waals surface area contributed by atoms with Crippen LogP contribution in [0.3, 0.4) is 0 Å². The van der Waals surface area contributed by atoms with E-state index >= 15 is 0 Å². The molecular weight excluding hydrogens is 284 g/mol. The van der Waals surface area contributed by atoms with E-state index in [2.05, 4.69) is 42.6 Å². The van der Waals surface area contributed by atoms with Crippen molar-refractivity contribution in [3.63, 3.8) is 0 Å². The lowest BCUT2D eigenvalue weighted by Crippen LogP contribution is -2.22. The third kappa shape index (κ3) is 3.50. The van der Waals surface area contributed by atoms with Crippen molar-refractivity contribution in [1.82, 2.24) is 5.43 Å². The number of hydrazone groups is 1. The third-order valence-electron chi connectivity index (χ3n) is 4.32. The molecule has 3 heteroatoms. The lowest BCUT2D eigenvalue weighted by molar-refractivity contribution is 0.0954. The van der Waals surface area contributed by atoms with Gasteiger partial charge in [0, 0.05) is 11.1 Å². The van der Waals surface area contributed by atoms with E-state index in [9.17, 15) is 4.79 Å². The number of carbonyl (C=O) groups is 1. The maximum atomic E-state index is 12.3. The molecule has 1 N–H and O–H groups in total. The molecule has 0 bridgehead atoms. The Balaban J connectivity index is 1.74. The Bertz CT molecular complexity index is 730. The second kappa shape index (κ2) is 6.78. The van der Waals surface area contributed by atoms with Crippen LogP contribution in [0.25, 0.3) is 0 Å². The summed E-state index contributed by atoms with van der Waals surface area (Å²) >= 11 is 0. The van der Waals surface area contributed by atoms with E-state index in [0.717, 1.165) is 30.5 Å². The van der Waals surface area contributed by atoms with Crippen LogP contribution in [0.5, 0.6) is 0 Å². The van der Waals surface area contributed by atoms with Crippen LogP contribution < -0.4 is 5.43 Å². The Labute approximate surface area is 137 Å². The minimum Gasteiger partial charge on any atom is -0.267 e. The molecule has 118 valence electrons. The number of fused-ring (bicyclic) bond motifs is 1. The Morgan fingerprint density at radius 2 is 1.78 bits per heavy atom. The average molecular weight is 306 g/mol. The summed E-state index contributed by atoms with van der Waals surface area (Å²) in [6, 6.07) is 16.0. The first-order chi connectivity index (χ1) is 11.1. The first kappa shape index (κ1) is 15.5. The second-order valence-electron chi connectivity index (χ2n) is 6.29. The summed E-state index contributed by atoms with van der Waals surface area (Å²) in [4.78, 5) is 12.3. The number of rotatable bonds is 3. The lowest BCUT2D eigenvalue weighted by atomic mass is 9.90. The van der Waals surface area contributed by atoms with Crippen LogP contribution in [0.2, 0.25) is 0 Å². The number of amides is 1. The molecule has 0 aromatic heterocycles. The molecule has 0 saturated heterocycles. The van der Waals surface area contributed by atoms with Gasteiger partial charge >= 0.3 is 0 Å². The highest BCUT2D eigenvalue weighted by molar-refractivity contribution is 6.04. The second-order valence-corrected chi connectivity index (χ2v) is 6.29. The van der Waals surface area contributed by atoms with Gasteiger partial charge in [0.15, 0.2) is 0 Å². The van der Waals surface area contributed by atoms with Crippen LogP contribution in [0, 0.1) is 0 Å². The number of benzene rings is 2. The van der Waals surface area contributed by atoms with Crippen molar-refractivity contribution < 1.29 is 4.79 Å². The Hall–Kier alpha value is -2.42. The highest BCUT2D eigenvalue weighted by atomic mass is 16.2. The van der Waals surface area contributed by atoms with E-state index in [1.165, 1.54) is 11.1 Å². The number of carbonyl (C=O) groups excluding carboxylic acids is 1. The topological polar surface area (TPSA) is 41.5 Å². The largest absolute Gasteiger partial charge is 0.271 e. The van der Waals surface area contributed by atoms with Gasteiger partial charge in [-0.1, -0.05) is 50.2 Å². The van der Waals surface area contributed by atoms with Gasteiger partial charge in [0.25, 0.3) is 5.91 Å². The quantitative estimate of drug-likeness (QED) is 0.845. The predicted octanol–water partition coefficient (Wildman–Crippen LogP) is 4.28. The number of nitrogens with zero attached hydrogens (tertiary/aromatic N) is 1. The molecule has 0 radical (unpaired) electrons. The Morgan fingerprint density at radius 1 is 1.04 bits per heavy atom. The van der Waals surface area contributed by atoms with Gasteiger partial charge in [0.2, 0.25) is 0 Å². The summed E-state index contributed by atoms with van der Waals surface area (Å²) in [5, 5.41) is 4.38. The van der Waals surface area contributed by atoms with Gasteiger partial charge in [0.05, 0.1) is 5.71 Å². The van der Waals surface area contributed by atoms with Crippen molar-refractivity contribution in [3.8, 4) is 0 Å². The molecule has 1 aliphatic carbocycles. The molecule has 0 unspecified atom stereocenters. The maximum Gasteiger partial charge on any atom is 0.271 e. The van der Waals surface area contributed by atoms with Crippen molar-refractivity contribution in [1.29, 1.82) is 0 Å². The number of hydrogen-bond donors (Lipinski definition) is 1. The fourth-order valence-corrected chi connectivity index (χ4v) is 2.92. The van der Waals surface area contributed by atoms with E-state index < -0.39 is 0 Å². The van der Waals surface area contributed by atoms with Gasteiger partial charge in [-0.05, 0) is 48.4 Å². The molecule has 0 saturated carbocycles. The third-order valence-corrected chi connectivity index (χ3v) is 4.32. The van der Waals surface area contributed by atoms with Crippen molar-refractivity contribution in [3.05, 3.63) is 70.8 Å².